The fourth-order valence-electron chi connectivity index (χ4n) is 0.550. The molecule has 0 aliphatic heterocycles. The van der Waals surface area contributed by atoms with Crippen LogP contribution in [0.1, 0.15) is 48.0 Å². The molecule has 0 atom stereocenters. The van der Waals surface area contributed by atoms with Gasteiger partial charge in [0.2, 0.25) is 0 Å². The van der Waals surface area contributed by atoms with E-state index in [-0.39, 0.29) is 0 Å². The maximum atomic E-state index is 7.91. The Labute approximate surface area is 177 Å². The van der Waals surface area contributed by atoms with Gasteiger partial charge in [-0.3, -0.25) is 0 Å². The van der Waals surface area contributed by atoms with Crippen molar-refractivity contribution >= 4 is 24.2 Å². The third-order valence-electron chi connectivity index (χ3n) is 1.24. The van der Waals surface area contributed by atoms with Crippen LogP contribution in [0.15, 0.2) is 5.11 Å². The quantitative estimate of drug-likeness (QED) is 0.140. The second-order valence-electron chi connectivity index (χ2n) is 9.60. The van der Waals surface area contributed by atoms with Gasteiger partial charge in [-0.1, -0.05) is 119 Å². The summed E-state index contributed by atoms with van der Waals surface area (Å²) in [6, 6.07) is 1.01. The van der Waals surface area contributed by atoms with Gasteiger partial charge in [-0.05, 0) is 5.53 Å². The highest BCUT2D eigenvalue weighted by Crippen LogP contribution is 2.04. The van der Waals surface area contributed by atoms with E-state index in [2.05, 4.69) is 95.3 Å². The summed E-state index contributed by atoms with van der Waals surface area (Å²) in [5.74, 6) is 2.67. The van der Waals surface area contributed by atoms with Crippen LogP contribution in [-0.2, 0) is 0 Å². The summed E-state index contributed by atoms with van der Waals surface area (Å²) in [5.41, 5.74) is 7.91. The zero-order valence-electron chi connectivity index (χ0n) is 22.0. The van der Waals surface area contributed by atoms with Crippen molar-refractivity contribution < 1.29 is 0 Å². The topological polar surface area (TPSA) is 48.8 Å². The molecule has 0 N–H and O–H groups in total. The molecule has 166 valence electrons. The van der Waals surface area contributed by atoms with Crippen LogP contribution in [0.4, 0.5) is 0 Å². The van der Waals surface area contributed by atoms with Gasteiger partial charge in [-0.15, -0.1) is 12.3 Å². The Morgan fingerprint density at radius 1 is 0.778 bits per heavy atom. The number of terminal acetylenes is 1. The van der Waals surface area contributed by atoms with Crippen LogP contribution >= 0.6 is 0 Å². The number of nitrogens with zero attached hydrogens (tertiary/aromatic N) is 3. The standard InChI is InChI=1S/C6H12Si.C4H11N3Si.C4H12Si.C3H8.2C2H6/c1-5-6-7(2,3)4;1-8(2,3)4-6-7-5;1-5(2,3)4;1-3-2;2*1-2/h1H,6H2,2-4H3;4H2,1-3H3;1-4H3;3H2,1-2H3;2*1-2H3. The van der Waals surface area contributed by atoms with E-state index in [0.717, 1.165) is 6.04 Å². The maximum absolute atomic E-state index is 7.91. The lowest BCUT2D eigenvalue weighted by Gasteiger charge is -2.09. The molecule has 0 fully saturated rings. The molecule has 27 heavy (non-hydrogen) atoms. The van der Waals surface area contributed by atoms with Crippen LogP contribution in [0, 0.1) is 12.3 Å². The molecule has 0 unspecified atom stereocenters. The molecule has 0 saturated heterocycles. The predicted octanol–water partition coefficient (Wildman–Crippen LogP) is 9.55. The monoisotopic (exact) mass is 433 g/mol. The molecule has 0 rings (SSSR count). The second-order valence-corrected chi connectivity index (χ2v) is 26.5. The molecule has 0 bridgehead atoms. The van der Waals surface area contributed by atoms with Crippen LogP contribution < -0.4 is 0 Å². The molecule has 0 aliphatic carbocycles. The third kappa shape index (κ3) is 194. The van der Waals surface area contributed by atoms with E-state index in [1.165, 1.54) is 6.42 Å². The number of hydrogen-bond donors (Lipinski definition) is 0. The summed E-state index contributed by atoms with van der Waals surface area (Å²) in [6.45, 7) is 34.9. The first-order chi connectivity index (χ1) is 12.0. The summed E-state index contributed by atoms with van der Waals surface area (Å²) in [4.78, 5) is 2.68. The van der Waals surface area contributed by atoms with Crippen molar-refractivity contribution in [2.45, 2.75) is 119 Å². The van der Waals surface area contributed by atoms with Gasteiger partial charge in [0.25, 0.3) is 0 Å². The van der Waals surface area contributed by atoms with Crippen LogP contribution in [-0.4, -0.2) is 30.4 Å². The highest BCUT2D eigenvalue weighted by Gasteiger charge is 2.09. The molecule has 0 aromatic rings. The van der Waals surface area contributed by atoms with Gasteiger partial charge in [-0.25, -0.2) is 0 Å². The van der Waals surface area contributed by atoms with Crippen molar-refractivity contribution in [3.05, 3.63) is 10.4 Å². The van der Waals surface area contributed by atoms with Gasteiger partial charge in [0.1, 0.15) is 0 Å². The SMILES string of the molecule is C#CC[Si](C)(C)C.CC.CC.CCC.C[Si](C)(C)C.C[Si](C)(C)CN=[N+]=[N-]. The van der Waals surface area contributed by atoms with Crippen LogP contribution in [0.5, 0.6) is 0 Å². The lowest BCUT2D eigenvalue weighted by Crippen LogP contribution is -2.24. The van der Waals surface area contributed by atoms with Gasteiger partial charge in [-0.2, -0.15) is 0 Å². The first-order valence-electron chi connectivity index (χ1n) is 10.5. The van der Waals surface area contributed by atoms with E-state index in [9.17, 15) is 0 Å². The molecule has 0 heterocycles. The molecule has 0 spiro atoms. The average molecular weight is 434 g/mol. The Balaban J connectivity index is -0.0000000532. The minimum absolute atomic E-state index is 0.611. The summed E-state index contributed by atoms with van der Waals surface area (Å²) >= 11 is 0. The summed E-state index contributed by atoms with van der Waals surface area (Å²) in [6.07, 6.45) is 7.06. The van der Waals surface area contributed by atoms with Gasteiger partial charge >= 0.3 is 0 Å². The van der Waals surface area contributed by atoms with E-state index in [1.54, 1.807) is 0 Å². The number of rotatable bonds is 3. The van der Waals surface area contributed by atoms with Crippen molar-refractivity contribution in [1.82, 2.24) is 0 Å². The van der Waals surface area contributed by atoms with E-state index in [0.29, 0.717) is 6.17 Å². The zero-order chi connectivity index (χ0) is 23.7. The van der Waals surface area contributed by atoms with Gasteiger partial charge in [0.15, 0.2) is 0 Å². The van der Waals surface area contributed by atoms with Crippen molar-refractivity contribution in [2.75, 3.05) is 6.17 Å². The fourth-order valence-corrected chi connectivity index (χ4v) is 1.65. The Hall–Kier alpha value is -0.479. The minimum Gasteiger partial charge on any atom is -0.120 e. The Kier molecular flexibility index (Phi) is 42.1. The fraction of sp³-hybridized carbons (Fsp3) is 0.905. The predicted molar refractivity (Wildman–Crippen MR) is 142 cm³/mol. The molecular formula is C21H55N3Si3. The Morgan fingerprint density at radius 2 is 1.04 bits per heavy atom. The summed E-state index contributed by atoms with van der Waals surface area (Å²) in [7, 11) is -2.60. The normalized spacial score (nSPS) is 9.15. The number of hydrogen-bond acceptors (Lipinski definition) is 1. The first-order valence-corrected chi connectivity index (χ1v) is 21.9. The molecule has 0 saturated carbocycles. The highest BCUT2D eigenvalue weighted by atomic mass is 28.3. The summed E-state index contributed by atoms with van der Waals surface area (Å²) in [5, 5.41) is 3.49. The Morgan fingerprint density at radius 3 is 1.07 bits per heavy atom. The third-order valence-corrected chi connectivity index (χ3v) is 3.60. The van der Waals surface area contributed by atoms with E-state index in [4.69, 9.17) is 12.0 Å². The molecule has 0 radical (unpaired) electrons. The molecule has 3 nitrogen and oxygen atoms in total. The van der Waals surface area contributed by atoms with Gasteiger partial charge in [0.05, 0.1) is 16.1 Å². The zero-order valence-corrected chi connectivity index (χ0v) is 25.0. The highest BCUT2D eigenvalue weighted by molar-refractivity contribution is 6.77. The number of azide groups is 1. The van der Waals surface area contributed by atoms with Gasteiger partial charge < -0.3 is 0 Å². The van der Waals surface area contributed by atoms with Crippen LogP contribution in [0.3, 0.4) is 0 Å². The molecule has 0 aromatic heterocycles. The lowest BCUT2D eigenvalue weighted by atomic mass is 10.6. The maximum Gasteiger partial charge on any atom is 0.0573 e. The molecular weight excluding hydrogens is 379 g/mol. The van der Waals surface area contributed by atoms with Crippen LogP contribution in [0.25, 0.3) is 10.4 Å². The Bertz CT molecular complexity index is 332. The molecule has 6 heteroatoms. The van der Waals surface area contributed by atoms with Gasteiger partial charge in [0, 0.05) is 25.2 Å². The second kappa shape index (κ2) is 27.7. The average Bonchev–Trinajstić information content (AvgIpc) is 2.47. The molecule has 0 aliphatic rings. The van der Waals surface area contributed by atoms with Crippen molar-refractivity contribution in [1.29, 1.82) is 0 Å². The smallest absolute Gasteiger partial charge is 0.0573 e. The largest absolute Gasteiger partial charge is 0.120 e. The van der Waals surface area contributed by atoms with E-state index in [1.807, 2.05) is 27.7 Å². The molecule has 0 aromatic carbocycles. The lowest BCUT2D eigenvalue weighted by molar-refractivity contribution is 1.09. The van der Waals surface area contributed by atoms with E-state index >= 15 is 0 Å². The first kappa shape index (κ1) is 41.0. The summed E-state index contributed by atoms with van der Waals surface area (Å²) < 4.78 is 0. The van der Waals surface area contributed by atoms with Crippen molar-refractivity contribution in [2.24, 2.45) is 5.11 Å². The van der Waals surface area contributed by atoms with E-state index < -0.39 is 24.2 Å². The van der Waals surface area contributed by atoms with Crippen molar-refractivity contribution in [3.8, 4) is 12.3 Å². The van der Waals surface area contributed by atoms with Crippen LogP contribution in [0.2, 0.25) is 71.5 Å². The minimum atomic E-state index is -1.10. The van der Waals surface area contributed by atoms with Crippen molar-refractivity contribution in [3.63, 3.8) is 0 Å². The molecule has 0 amide bonds.